The Morgan fingerprint density at radius 3 is 2.71 bits per heavy atom. The van der Waals surface area contributed by atoms with Crippen LogP contribution in [0.1, 0.15) is 17.0 Å². The zero-order chi connectivity index (χ0) is 15.4. The van der Waals surface area contributed by atoms with Gasteiger partial charge in [-0.2, -0.15) is 5.10 Å². The van der Waals surface area contributed by atoms with Crippen LogP contribution < -0.4 is 15.8 Å². The summed E-state index contributed by atoms with van der Waals surface area (Å²) >= 11 is 0. The minimum absolute atomic E-state index is 0.144. The van der Waals surface area contributed by atoms with Crippen LogP contribution in [0.15, 0.2) is 24.3 Å². The number of carbonyl (C=O) groups excluding carboxylic acids is 1. The molecule has 112 valence electrons. The molecule has 6 nitrogen and oxygen atoms in total. The van der Waals surface area contributed by atoms with Gasteiger partial charge < -0.3 is 15.8 Å². The summed E-state index contributed by atoms with van der Waals surface area (Å²) in [5.41, 5.74) is 9.10. The summed E-state index contributed by atoms with van der Waals surface area (Å²) in [5, 5.41) is 7.18. The maximum absolute atomic E-state index is 12.2. The van der Waals surface area contributed by atoms with Gasteiger partial charge in [-0.3, -0.25) is 9.48 Å². The van der Waals surface area contributed by atoms with Crippen LogP contribution in [-0.4, -0.2) is 22.8 Å². The number of hydrogen-bond donors (Lipinski definition) is 2. The number of ether oxygens (including phenoxy) is 1. The molecule has 0 spiro atoms. The third-order valence-electron chi connectivity index (χ3n) is 3.41. The van der Waals surface area contributed by atoms with E-state index in [2.05, 4.69) is 10.4 Å². The Balaban J connectivity index is 2.12. The van der Waals surface area contributed by atoms with Crippen molar-refractivity contribution < 1.29 is 9.53 Å². The van der Waals surface area contributed by atoms with Gasteiger partial charge >= 0.3 is 0 Å². The van der Waals surface area contributed by atoms with Gasteiger partial charge in [-0.05, 0) is 26.0 Å². The molecular formula is C15H20N4O2. The lowest BCUT2D eigenvalue weighted by atomic mass is 10.2. The maximum atomic E-state index is 12.2. The molecule has 0 atom stereocenters. The van der Waals surface area contributed by atoms with Gasteiger partial charge in [-0.1, -0.05) is 12.1 Å². The van der Waals surface area contributed by atoms with E-state index in [1.807, 2.05) is 26.0 Å². The fraction of sp³-hybridized carbons (Fsp3) is 0.333. The lowest BCUT2D eigenvalue weighted by Gasteiger charge is -2.10. The summed E-state index contributed by atoms with van der Waals surface area (Å²) in [5.74, 6) is 0.468. The molecule has 0 saturated carbocycles. The van der Waals surface area contributed by atoms with Crippen molar-refractivity contribution in [2.24, 2.45) is 5.73 Å². The fourth-order valence-electron chi connectivity index (χ4n) is 2.26. The van der Waals surface area contributed by atoms with E-state index >= 15 is 0 Å². The molecule has 0 saturated heterocycles. The van der Waals surface area contributed by atoms with Crippen LogP contribution in [0.4, 0.5) is 5.69 Å². The minimum atomic E-state index is -0.159. The zero-order valence-corrected chi connectivity index (χ0v) is 12.5. The number of nitrogens with one attached hydrogen (secondary N) is 1. The van der Waals surface area contributed by atoms with Crippen LogP contribution in [0, 0.1) is 13.8 Å². The summed E-state index contributed by atoms with van der Waals surface area (Å²) in [6.45, 7) is 4.37. The van der Waals surface area contributed by atoms with Crippen molar-refractivity contribution in [3.63, 3.8) is 0 Å². The highest BCUT2D eigenvalue weighted by atomic mass is 16.5. The van der Waals surface area contributed by atoms with E-state index in [0.717, 1.165) is 17.0 Å². The smallest absolute Gasteiger partial charge is 0.246 e. The highest BCUT2D eigenvalue weighted by Crippen LogP contribution is 2.23. The standard InChI is InChI=1S/C15H20N4O2/c1-10-12(8-16)11(2)19(18-10)9-15(20)17-13-6-4-5-7-14(13)21-3/h4-7H,8-9,16H2,1-3H3,(H,17,20). The Bertz CT molecular complexity index is 649. The first-order valence-corrected chi connectivity index (χ1v) is 6.72. The van der Waals surface area contributed by atoms with Gasteiger partial charge in [0.25, 0.3) is 0 Å². The van der Waals surface area contributed by atoms with Crippen molar-refractivity contribution in [3.05, 3.63) is 41.2 Å². The number of benzene rings is 1. The molecule has 1 heterocycles. The van der Waals surface area contributed by atoms with Crippen LogP contribution in [0.5, 0.6) is 5.75 Å². The molecule has 21 heavy (non-hydrogen) atoms. The third kappa shape index (κ3) is 3.22. The fourth-order valence-corrected chi connectivity index (χ4v) is 2.26. The van der Waals surface area contributed by atoms with Crippen LogP contribution >= 0.6 is 0 Å². The van der Waals surface area contributed by atoms with Crippen LogP contribution in [0.25, 0.3) is 0 Å². The van der Waals surface area contributed by atoms with Gasteiger partial charge in [-0.25, -0.2) is 0 Å². The van der Waals surface area contributed by atoms with Crippen molar-refractivity contribution in [1.82, 2.24) is 9.78 Å². The molecule has 1 aromatic heterocycles. The molecule has 6 heteroatoms. The second kappa shape index (κ2) is 6.41. The van der Waals surface area contributed by atoms with E-state index in [0.29, 0.717) is 18.0 Å². The third-order valence-corrected chi connectivity index (χ3v) is 3.41. The second-order valence-electron chi connectivity index (χ2n) is 4.76. The first-order valence-electron chi connectivity index (χ1n) is 6.72. The number of aryl methyl sites for hydroxylation is 1. The molecule has 0 fully saturated rings. The van der Waals surface area contributed by atoms with Crippen molar-refractivity contribution >= 4 is 11.6 Å². The van der Waals surface area contributed by atoms with Crippen LogP contribution in [0.2, 0.25) is 0 Å². The van der Waals surface area contributed by atoms with Crippen molar-refractivity contribution in [2.45, 2.75) is 26.9 Å². The van der Waals surface area contributed by atoms with Crippen molar-refractivity contribution in [1.29, 1.82) is 0 Å². The molecule has 2 rings (SSSR count). The number of methoxy groups -OCH3 is 1. The number of aromatic nitrogens is 2. The number of amides is 1. The quantitative estimate of drug-likeness (QED) is 0.875. The summed E-state index contributed by atoms with van der Waals surface area (Å²) in [7, 11) is 1.57. The zero-order valence-electron chi connectivity index (χ0n) is 12.5. The average molecular weight is 288 g/mol. The lowest BCUT2D eigenvalue weighted by Crippen LogP contribution is -2.20. The Morgan fingerprint density at radius 2 is 2.10 bits per heavy atom. The SMILES string of the molecule is COc1ccccc1NC(=O)Cn1nc(C)c(CN)c1C. The molecule has 0 unspecified atom stereocenters. The molecule has 1 amide bonds. The molecule has 2 aromatic rings. The first-order chi connectivity index (χ1) is 10.1. The molecule has 0 aliphatic carbocycles. The molecule has 0 aliphatic heterocycles. The number of para-hydroxylation sites is 2. The van der Waals surface area contributed by atoms with Gasteiger partial charge in [0, 0.05) is 17.8 Å². The monoisotopic (exact) mass is 288 g/mol. The number of anilines is 1. The Labute approximate surface area is 123 Å². The Kier molecular flexibility index (Phi) is 4.59. The second-order valence-corrected chi connectivity index (χ2v) is 4.76. The Hall–Kier alpha value is -2.34. The van der Waals surface area contributed by atoms with E-state index in [1.54, 1.807) is 23.9 Å². The van der Waals surface area contributed by atoms with Crippen molar-refractivity contribution in [3.8, 4) is 5.75 Å². The van der Waals surface area contributed by atoms with Gasteiger partial charge in [-0.15, -0.1) is 0 Å². The number of hydrogen-bond acceptors (Lipinski definition) is 4. The van der Waals surface area contributed by atoms with Gasteiger partial charge in [0.15, 0.2) is 0 Å². The largest absolute Gasteiger partial charge is 0.495 e. The molecule has 0 bridgehead atoms. The maximum Gasteiger partial charge on any atom is 0.246 e. The minimum Gasteiger partial charge on any atom is -0.495 e. The Morgan fingerprint density at radius 1 is 1.38 bits per heavy atom. The number of nitrogens with zero attached hydrogens (tertiary/aromatic N) is 2. The van der Waals surface area contributed by atoms with E-state index in [4.69, 9.17) is 10.5 Å². The number of carbonyl (C=O) groups is 1. The van der Waals surface area contributed by atoms with Crippen LogP contribution in [0.3, 0.4) is 0 Å². The van der Waals surface area contributed by atoms with Gasteiger partial charge in [0.1, 0.15) is 12.3 Å². The van der Waals surface area contributed by atoms with E-state index in [1.165, 1.54) is 0 Å². The van der Waals surface area contributed by atoms with Crippen molar-refractivity contribution in [2.75, 3.05) is 12.4 Å². The predicted molar refractivity (Wildman–Crippen MR) is 81.2 cm³/mol. The number of nitrogens with two attached hydrogens (primary N) is 1. The topological polar surface area (TPSA) is 82.2 Å². The molecule has 0 aliphatic rings. The van der Waals surface area contributed by atoms with Gasteiger partial charge in [0.2, 0.25) is 5.91 Å². The predicted octanol–water partition coefficient (Wildman–Crippen LogP) is 1.61. The summed E-state index contributed by atoms with van der Waals surface area (Å²) in [6, 6.07) is 7.28. The average Bonchev–Trinajstić information content (AvgIpc) is 2.73. The summed E-state index contributed by atoms with van der Waals surface area (Å²) in [4.78, 5) is 12.2. The normalized spacial score (nSPS) is 10.5. The van der Waals surface area contributed by atoms with E-state index < -0.39 is 0 Å². The summed E-state index contributed by atoms with van der Waals surface area (Å²) < 4.78 is 6.88. The highest BCUT2D eigenvalue weighted by Gasteiger charge is 2.13. The molecule has 1 aromatic carbocycles. The lowest BCUT2D eigenvalue weighted by molar-refractivity contribution is -0.116. The molecule has 3 N–H and O–H groups in total. The van der Waals surface area contributed by atoms with E-state index in [9.17, 15) is 4.79 Å². The van der Waals surface area contributed by atoms with Crippen LogP contribution in [-0.2, 0) is 17.9 Å². The first kappa shape index (κ1) is 15.1. The van der Waals surface area contributed by atoms with Gasteiger partial charge in [0.05, 0.1) is 18.5 Å². The number of rotatable bonds is 5. The molecule has 0 radical (unpaired) electrons. The summed E-state index contributed by atoms with van der Waals surface area (Å²) in [6.07, 6.45) is 0. The molecular weight excluding hydrogens is 268 g/mol. The van der Waals surface area contributed by atoms with E-state index in [-0.39, 0.29) is 12.5 Å². The highest BCUT2D eigenvalue weighted by molar-refractivity contribution is 5.92.